The second-order valence-corrected chi connectivity index (χ2v) is 4.04. The second kappa shape index (κ2) is 4.89. The summed E-state index contributed by atoms with van der Waals surface area (Å²) >= 11 is 0. The normalized spacial score (nSPS) is 10.6. The molecule has 2 aromatic heterocycles. The molecule has 96 valence electrons. The summed E-state index contributed by atoms with van der Waals surface area (Å²) in [4.78, 5) is 0. The second-order valence-electron chi connectivity index (χ2n) is 4.04. The molecule has 0 aliphatic rings. The maximum atomic E-state index is 5.12. The molecular weight excluding hydrogens is 244 g/mol. The van der Waals surface area contributed by atoms with Gasteiger partial charge < -0.3 is 9.84 Å². The van der Waals surface area contributed by atoms with Gasteiger partial charge in [0.15, 0.2) is 5.76 Å². The average molecular weight is 256 g/mol. The average Bonchev–Trinajstić information content (AvgIpc) is 3.06. The summed E-state index contributed by atoms with van der Waals surface area (Å²) in [5.41, 5.74) is 1.74. The standard InChI is InChI=1S/C12H12N6O/c1-9-7-11(19-15-9)8-13-12-14-16-17-18(12)10-5-3-2-4-6-10/h2-7H,8H2,1H3,(H,13,14,17). The van der Waals surface area contributed by atoms with Crippen LogP contribution in [0.4, 0.5) is 5.95 Å². The van der Waals surface area contributed by atoms with Crippen LogP contribution in [0.3, 0.4) is 0 Å². The third-order valence-electron chi connectivity index (χ3n) is 2.57. The van der Waals surface area contributed by atoms with Crippen LogP contribution in [-0.2, 0) is 6.54 Å². The number of para-hydroxylation sites is 1. The van der Waals surface area contributed by atoms with Crippen molar-refractivity contribution < 1.29 is 4.52 Å². The molecule has 1 N–H and O–H groups in total. The molecule has 0 atom stereocenters. The van der Waals surface area contributed by atoms with Gasteiger partial charge in [0, 0.05) is 6.07 Å². The lowest BCUT2D eigenvalue weighted by Gasteiger charge is -2.04. The third-order valence-corrected chi connectivity index (χ3v) is 2.57. The molecule has 0 unspecified atom stereocenters. The van der Waals surface area contributed by atoms with Crippen molar-refractivity contribution in [2.75, 3.05) is 5.32 Å². The number of aryl methyl sites for hydroxylation is 1. The van der Waals surface area contributed by atoms with E-state index in [4.69, 9.17) is 4.52 Å². The zero-order valence-electron chi connectivity index (χ0n) is 10.3. The molecule has 0 saturated carbocycles. The number of nitrogens with zero attached hydrogens (tertiary/aromatic N) is 5. The summed E-state index contributed by atoms with van der Waals surface area (Å²) in [6, 6.07) is 11.5. The quantitative estimate of drug-likeness (QED) is 0.763. The minimum Gasteiger partial charge on any atom is -0.359 e. The van der Waals surface area contributed by atoms with Gasteiger partial charge in [0.2, 0.25) is 5.95 Å². The Kier molecular flexibility index (Phi) is 2.93. The molecule has 0 fully saturated rings. The summed E-state index contributed by atoms with van der Waals surface area (Å²) in [5.74, 6) is 1.29. The first-order chi connectivity index (χ1) is 9.33. The van der Waals surface area contributed by atoms with Gasteiger partial charge in [-0.15, -0.1) is 0 Å². The maximum absolute atomic E-state index is 5.12. The van der Waals surface area contributed by atoms with Crippen LogP contribution in [0.15, 0.2) is 40.9 Å². The molecule has 0 spiro atoms. The molecule has 0 radical (unpaired) electrons. The lowest BCUT2D eigenvalue weighted by atomic mass is 10.3. The molecular formula is C12H12N6O. The SMILES string of the molecule is Cc1cc(CNc2nnnn2-c2ccccc2)on1. The van der Waals surface area contributed by atoms with Gasteiger partial charge in [-0.25, -0.2) is 0 Å². The van der Waals surface area contributed by atoms with Crippen molar-refractivity contribution in [2.45, 2.75) is 13.5 Å². The number of hydrogen-bond acceptors (Lipinski definition) is 6. The highest BCUT2D eigenvalue weighted by molar-refractivity contribution is 5.38. The lowest BCUT2D eigenvalue weighted by molar-refractivity contribution is 0.384. The first kappa shape index (κ1) is 11.4. The van der Waals surface area contributed by atoms with E-state index in [2.05, 4.69) is 26.0 Å². The van der Waals surface area contributed by atoms with Gasteiger partial charge in [-0.2, -0.15) is 4.68 Å². The number of benzene rings is 1. The zero-order valence-corrected chi connectivity index (χ0v) is 10.3. The minimum absolute atomic E-state index is 0.480. The van der Waals surface area contributed by atoms with E-state index in [1.54, 1.807) is 4.68 Å². The smallest absolute Gasteiger partial charge is 0.248 e. The van der Waals surface area contributed by atoms with Crippen molar-refractivity contribution in [3.8, 4) is 5.69 Å². The van der Waals surface area contributed by atoms with Crippen LogP contribution in [0.2, 0.25) is 0 Å². The highest BCUT2D eigenvalue weighted by atomic mass is 16.5. The van der Waals surface area contributed by atoms with E-state index >= 15 is 0 Å². The van der Waals surface area contributed by atoms with Crippen LogP contribution in [0.25, 0.3) is 5.69 Å². The van der Waals surface area contributed by atoms with Gasteiger partial charge in [-0.1, -0.05) is 28.5 Å². The van der Waals surface area contributed by atoms with Crippen molar-refractivity contribution in [2.24, 2.45) is 0 Å². The molecule has 19 heavy (non-hydrogen) atoms. The Labute approximate surface area is 109 Å². The molecule has 2 heterocycles. The van der Waals surface area contributed by atoms with Crippen LogP contribution < -0.4 is 5.32 Å². The monoisotopic (exact) mass is 256 g/mol. The topological polar surface area (TPSA) is 81.7 Å². The highest BCUT2D eigenvalue weighted by Gasteiger charge is 2.08. The summed E-state index contributed by atoms with van der Waals surface area (Å²) in [6.45, 7) is 2.36. The van der Waals surface area contributed by atoms with Gasteiger partial charge in [0.1, 0.15) is 0 Å². The summed E-state index contributed by atoms with van der Waals surface area (Å²) in [7, 11) is 0. The van der Waals surface area contributed by atoms with Crippen LogP contribution in [0, 0.1) is 6.92 Å². The fourth-order valence-corrected chi connectivity index (χ4v) is 1.71. The molecule has 0 aliphatic carbocycles. The molecule has 7 nitrogen and oxygen atoms in total. The lowest BCUT2D eigenvalue weighted by Crippen LogP contribution is -2.06. The number of nitrogens with one attached hydrogen (secondary N) is 1. The zero-order chi connectivity index (χ0) is 13.1. The first-order valence-electron chi connectivity index (χ1n) is 5.83. The Morgan fingerprint density at radius 2 is 2.11 bits per heavy atom. The maximum Gasteiger partial charge on any atom is 0.248 e. The van der Waals surface area contributed by atoms with Gasteiger partial charge in [-0.3, -0.25) is 0 Å². The van der Waals surface area contributed by atoms with E-state index in [1.165, 1.54) is 0 Å². The minimum atomic E-state index is 0.480. The first-order valence-corrected chi connectivity index (χ1v) is 5.83. The molecule has 0 aliphatic heterocycles. The molecule has 3 aromatic rings. The van der Waals surface area contributed by atoms with E-state index < -0.39 is 0 Å². The summed E-state index contributed by atoms with van der Waals surface area (Å²) in [6.07, 6.45) is 0. The fourth-order valence-electron chi connectivity index (χ4n) is 1.71. The fraction of sp³-hybridized carbons (Fsp3) is 0.167. The molecule has 3 rings (SSSR count). The van der Waals surface area contributed by atoms with Gasteiger partial charge >= 0.3 is 0 Å². The molecule has 0 amide bonds. The Morgan fingerprint density at radius 1 is 1.26 bits per heavy atom. The van der Waals surface area contributed by atoms with Gasteiger partial charge in [0.05, 0.1) is 17.9 Å². The van der Waals surface area contributed by atoms with Gasteiger partial charge in [-0.05, 0) is 29.5 Å². The van der Waals surface area contributed by atoms with Crippen molar-refractivity contribution in [3.63, 3.8) is 0 Å². The Hall–Kier alpha value is -2.70. The summed E-state index contributed by atoms with van der Waals surface area (Å²) in [5, 5.41) is 18.5. The van der Waals surface area contributed by atoms with Gasteiger partial charge in [0.25, 0.3) is 0 Å². The van der Waals surface area contributed by atoms with Crippen LogP contribution in [0.1, 0.15) is 11.5 Å². The van der Waals surface area contributed by atoms with Crippen LogP contribution in [0.5, 0.6) is 0 Å². The van der Waals surface area contributed by atoms with E-state index in [9.17, 15) is 0 Å². The number of tetrazole rings is 1. The number of hydrogen-bond donors (Lipinski definition) is 1. The van der Waals surface area contributed by atoms with Crippen molar-refractivity contribution in [3.05, 3.63) is 47.9 Å². The predicted octanol–water partition coefficient (Wildman–Crippen LogP) is 1.57. The van der Waals surface area contributed by atoms with Crippen molar-refractivity contribution >= 4 is 5.95 Å². The largest absolute Gasteiger partial charge is 0.359 e. The van der Waals surface area contributed by atoms with Crippen LogP contribution in [-0.4, -0.2) is 25.4 Å². The van der Waals surface area contributed by atoms with E-state index in [-0.39, 0.29) is 0 Å². The van der Waals surface area contributed by atoms with E-state index in [0.29, 0.717) is 12.5 Å². The Balaban J connectivity index is 1.77. The predicted molar refractivity (Wildman–Crippen MR) is 67.7 cm³/mol. The molecule has 0 bridgehead atoms. The number of rotatable bonds is 4. The molecule has 0 saturated heterocycles. The van der Waals surface area contributed by atoms with E-state index in [1.807, 2.05) is 43.3 Å². The Morgan fingerprint density at radius 3 is 2.84 bits per heavy atom. The third kappa shape index (κ3) is 2.44. The number of aromatic nitrogens is 5. The van der Waals surface area contributed by atoms with Crippen molar-refractivity contribution in [1.82, 2.24) is 25.4 Å². The van der Waals surface area contributed by atoms with Crippen molar-refractivity contribution in [1.29, 1.82) is 0 Å². The molecule has 7 heteroatoms. The number of anilines is 1. The molecule has 1 aromatic carbocycles. The Bertz CT molecular complexity index is 660. The summed E-state index contributed by atoms with van der Waals surface area (Å²) < 4.78 is 6.75. The van der Waals surface area contributed by atoms with E-state index in [0.717, 1.165) is 17.1 Å². The van der Waals surface area contributed by atoms with Crippen LogP contribution >= 0.6 is 0 Å². The highest BCUT2D eigenvalue weighted by Crippen LogP contribution is 2.12.